The smallest absolute Gasteiger partial charge is 0.243 e. The molecule has 1 fully saturated rings. The van der Waals surface area contributed by atoms with Crippen molar-refractivity contribution in [3.05, 3.63) is 64.7 Å². The third-order valence-corrected chi connectivity index (χ3v) is 6.83. The number of amides is 2. The molecule has 5 nitrogen and oxygen atoms in total. The molecule has 1 N–H and O–H groups in total. The summed E-state index contributed by atoms with van der Waals surface area (Å²) in [6.45, 7) is 4.75. The van der Waals surface area contributed by atoms with Gasteiger partial charge >= 0.3 is 0 Å². The fraction of sp³-hybridized carbons (Fsp3) is 0.500. The summed E-state index contributed by atoms with van der Waals surface area (Å²) < 4.78 is 5.79. The lowest BCUT2D eigenvalue weighted by Gasteiger charge is -2.33. The van der Waals surface area contributed by atoms with Crippen LogP contribution >= 0.6 is 11.6 Å². The molecule has 1 aliphatic rings. The summed E-state index contributed by atoms with van der Waals surface area (Å²) in [6, 6.07) is 15.1. The highest BCUT2D eigenvalue weighted by Crippen LogP contribution is 2.22. The number of hydrogen-bond acceptors (Lipinski definition) is 3. The van der Waals surface area contributed by atoms with Crippen molar-refractivity contribution < 1.29 is 14.3 Å². The monoisotopic (exact) mass is 484 g/mol. The van der Waals surface area contributed by atoms with Gasteiger partial charge in [-0.25, -0.2) is 0 Å². The van der Waals surface area contributed by atoms with Crippen LogP contribution in [0.15, 0.2) is 48.5 Å². The number of rotatable bonds is 11. The first-order valence-electron chi connectivity index (χ1n) is 12.5. The molecule has 6 heteroatoms. The van der Waals surface area contributed by atoms with Gasteiger partial charge in [0.05, 0.1) is 6.61 Å². The second-order valence-electron chi connectivity index (χ2n) is 9.15. The van der Waals surface area contributed by atoms with Crippen molar-refractivity contribution in [3.63, 3.8) is 0 Å². The molecular formula is C28H37ClN2O3. The molecule has 3 rings (SSSR count). The summed E-state index contributed by atoms with van der Waals surface area (Å²) in [6.07, 6.45) is 6.97. The van der Waals surface area contributed by atoms with Gasteiger partial charge in [-0.05, 0) is 56.4 Å². The van der Waals surface area contributed by atoms with E-state index in [2.05, 4.69) is 5.32 Å². The Labute approximate surface area is 208 Å². The van der Waals surface area contributed by atoms with Crippen molar-refractivity contribution in [2.45, 2.75) is 83.8 Å². The third-order valence-electron chi connectivity index (χ3n) is 6.46. The zero-order valence-corrected chi connectivity index (χ0v) is 21.2. The molecule has 0 heterocycles. The summed E-state index contributed by atoms with van der Waals surface area (Å²) in [5.41, 5.74) is 2.02. The molecule has 0 unspecified atom stereocenters. The van der Waals surface area contributed by atoms with Crippen LogP contribution < -0.4 is 10.1 Å². The normalized spacial score (nSPS) is 14.9. The topological polar surface area (TPSA) is 58.6 Å². The molecule has 184 valence electrons. The van der Waals surface area contributed by atoms with Crippen LogP contribution in [0.5, 0.6) is 5.75 Å². The highest BCUT2D eigenvalue weighted by Gasteiger charge is 2.30. The largest absolute Gasteiger partial charge is 0.494 e. The molecule has 1 aliphatic carbocycles. The number of nitrogens with one attached hydrogen (secondary N) is 1. The Morgan fingerprint density at radius 1 is 1.09 bits per heavy atom. The van der Waals surface area contributed by atoms with Crippen LogP contribution in [0.1, 0.15) is 69.4 Å². The Balaban J connectivity index is 1.65. The lowest BCUT2D eigenvalue weighted by molar-refractivity contribution is -0.142. The van der Waals surface area contributed by atoms with E-state index in [1.807, 2.05) is 62.4 Å². The number of nitrogens with zero attached hydrogens (tertiary/aromatic N) is 1. The minimum absolute atomic E-state index is 0.0573. The first-order chi connectivity index (χ1) is 16.5. The lowest BCUT2D eigenvalue weighted by Crippen LogP contribution is -2.51. The van der Waals surface area contributed by atoms with Gasteiger partial charge in [0.25, 0.3) is 0 Å². The van der Waals surface area contributed by atoms with Crippen molar-refractivity contribution in [1.29, 1.82) is 0 Å². The van der Waals surface area contributed by atoms with Gasteiger partial charge in [-0.3, -0.25) is 9.59 Å². The van der Waals surface area contributed by atoms with Gasteiger partial charge in [0, 0.05) is 24.0 Å². The predicted octanol–water partition coefficient (Wildman–Crippen LogP) is 6.06. The summed E-state index contributed by atoms with van der Waals surface area (Å²) in [5.74, 6) is 0.674. The molecule has 34 heavy (non-hydrogen) atoms. The van der Waals surface area contributed by atoms with E-state index in [1.165, 1.54) is 12.0 Å². The SMILES string of the molecule is CC[C@@H](C(=O)NC1CCCCC1)N(Cc1ccccc1Cl)C(=O)CCCOc1ccc(C)cc1. The Hall–Kier alpha value is -2.53. The van der Waals surface area contributed by atoms with Crippen LogP contribution in [0.4, 0.5) is 0 Å². The molecule has 2 amide bonds. The van der Waals surface area contributed by atoms with Crippen molar-refractivity contribution >= 4 is 23.4 Å². The van der Waals surface area contributed by atoms with Crippen LogP contribution in [0.25, 0.3) is 0 Å². The van der Waals surface area contributed by atoms with Gasteiger partial charge in [-0.1, -0.05) is 73.7 Å². The average Bonchev–Trinajstić information content (AvgIpc) is 2.84. The summed E-state index contributed by atoms with van der Waals surface area (Å²) in [4.78, 5) is 28.3. The van der Waals surface area contributed by atoms with Crippen LogP contribution in [-0.2, 0) is 16.1 Å². The van der Waals surface area contributed by atoms with Gasteiger partial charge in [0.1, 0.15) is 11.8 Å². The van der Waals surface area contributed by atoms with Crippen molar-refractivity contribution in [1.82, 2.24) is 10.2 Å². The van der Waals surface area contributed by atoms with Crippen LogP contribution in [0, 0.1) is 6.92 Å². The molecule has 1 saturated carbocycles. The highest BCUT2D eigenvalue weighted by molar-refractivity contribution is 6.31. The molecule has 2 aromatic carbocycles. The number of halogens is 1. The highest BCUT2D eigenvalue weighted by atomic mass is 35.5. The van der Waals surface area contributed by atoms with E-state index in [1.54, 1.807) is 4.90 Å². The van der Waals surface area contributed by atoms with Crippen molar-refractivity contribution in [3.8, 4) is 5.75 Å². The Kier molecular flexibility index (Phi) is 10.3. The van der Waals surface area contributed by atoms with Crippen LogP contribution in [0.3, 0.4) is 0 Å². The van der Waals surface area contributed by atoms with E-state index in [9.17, 15) is 9.59 Å². The number of hydrogen-bond donors (Lipinski definition) is 1. The second-order valence-corrected chi connectivity index (χ2v) is 9.55. The molecule has 0 radical (unpaired) electrons. The zero-order chi connectivity index (χ0) is 24.3. The maximum Gasteiger partial charge on any atom is 0.243 e. The predicted molar refractivity (Wildman–Crippen MR) is 137 cm³/mol. The fourth-order valence-electron chi connectivity index (χ4n) is 4.47. The van der Waals surface area contributed by atoms with E-state index in [0.29, 0.717) is 37.4 Å². The molecule has 0 saturated heterocycles. The van der Waals surface area contributed by atoms with Gasteiger partial charge in [-0.2, -0.15) is 0 Å². The Morgan fingerprint density at radius 2 is 1.79 bits per heavy atom. The molecule has 0 aromatic heterocycles. The molecule has 2 aromatic rings. The zero-order valence-electron chi connectivity index (χ0n) is 20.4. The quantitative estimate of drug-likeness (QED) is 0.394. The summed E-state index contributed by atoms with van der Waals surface area (Å²) in [7, 11) is 0. The molecular weight excluding hydrogens is 448 g/mol. The van der Waals surface area contributed by atoms with Gasteiger partial charge in [-0.15, -0.1) is 0 Å². The standard InChI is InChI=1S/C28H37ClN2O3/c1-3-26(28(33)30-23-11-5-4-6-12-23)31(20-22-10-7-8-13-25(22)29)27(32)14-9-19-34-24-17-15-21(2)16-18-24/h7-8,10,13,15-18,23,26H,3-6,9,11-12,14,19-20H2,1-2H3,(H,30,33)/t26-/m0/s1. The average molecular weight is 485 g/mol. The van der Waals surface area contributed by atoms with E-state index in [0.717, 1.165) is 37.0 Å². The number of aryl methyl sites for hydroxylation is 1. The first kappa shape index (κ1) is 26.1. The van der Waals surface area contributed by atoms with E-state index >= 15 is 0 Å². The van der Waals surface area contributed by atoms with Crippen molar-refractivity contribution in [2.75, 3.05) is 6.61 Å². The van der Waals surface area contributed by atoms with E-state index in [-0.39, 0.29) is 17.9 Å². The van der Waals surface area contributed by atoms with E-state index in [4.69, 9.17) is 16.3 Å². The number of carbonyl (C=O) groups excluding carboxylic acids is 2. The summed E-state index contributed by atoms with van der Waals surface area (Å²) >= 11 is 6.40. The molecule has 0 spiro atoms. The maximum absolute atomic E-state index is 13.4. The van der Waals surface area contributed by atoms with Crippen LogP contribution in [-0.4, -0.2) is 35.4 Å². The van der Waals surface area contributed by atoms with Crippen molar-refractivity contribution in [2.24, 2.45) is 0 Å². The van der Waals surface area contributed by atoms with Gasteiger partial charge in [0.15, 0.2) is 0 Å². The second kappa shape index (κ2) is 13.4. The lowest BCUT2D eigenvalue weighted by atomic mass is 9.95. The number of benzene rings is 2. The first-order valence-corrected chi connectivity index (χ1v) is 12.9. The Bertz CT molecular complexity index is 926. The van der Waals surface area contributed by atoms with E-state index < -0.39 is 6.04 Å². The fourth-order valence-corrected chi connectivity index (χ4v) is 4.66. The number of ether oxygens (including phenoxy) is 1. The minimum atomic E-state index is -0.524. The number of carbonyl (C=O) groups is 2. The third kappa shape index (κ3) is 7.76. The molecule has 0 aliphatic heterocycles. The Morgan fingerprint density at radius 3 is 2.47 bits per heavy atom. The van der Waals surface area contributed by atoms with Gasteiger partial charge in [0.2, 0.25) is 11.8 Å². The molecule has 1 atom stereocenters. The summed E-state index contributed by atoms with van der Waals surface area (Å²) in [5, 5.41) is 3.81. The molecule has 0 bridgehead atoms. The minimum Gasteiger partial charge on any atom is -0.494 e. The maximum atomic E-state index is 13.4. The van der Waals surface area contributed by atoms with Gasteiger partial charge < -0.3 is 15.0 Å². The van der Waals surface area contributed by atoms with Crippen LogP contribution in [0.2, 0.25) is 5.02 Å².